The van der Waals surface area contributed by atoms with Crippen LogP contribution >= 0.6 is 15.9 Å². The van der Waals surface area contributed by atoms with Gasteiger partial charge in [0.1, 0.15) is 0 Å². The summed E-state index contributed by atoms with van der Waals surface area (Å²) in [7, 11) is 0. The van der Waals surface area contributed by atoms with Gasteiger partial charge >= 0.3 is 0 Å². The molecule has 0 aliphatic carbocycles. The number of carbonyl (C=O) groups excluding carboxylic acids is 1. The first-order chi connectivity index (χ1) is 9.50. The summed E-state index contributed by atoms with van der Waals surface area (Å²) >= 11 is 3.45. The highest BCUT2D eigenvalue weighted by atomic mass is 79.9. The summed E-state index contributed by atoms with van der Waals surface area (Å²) in [6.45, 7) is 6.09. The number of hydrogen-bond acceptors (Lipinski definition) is 1. The molecule has 0 aromatic heterocycles. The van der Waals surface area contributed by atoms with Gasteiger partial charge in [-0.1, -0.05) is 72.2 Å². The Morgan fingerprint density at radius 3 is 2.40 bits per heavy atom. The Labute approximate surface area is 128 Å². The van der Waals surface area contributed by atoms with E-state index >= 15 is 0 Å². The fraction of sp³-hybridized carbons (Fsp3) is 0.353. The summed E-state index contributed by atoms with van der Waals surface area (Å²) in [6, 6.07) is 14.4. The number of hydrogen-bond donors (Lipinski definition) is 1. The van der Waals surface area contributed by atoms with Crippen molar-refractivity contribution in [1.82, 2.24) is 5.32 Å². The smallest absolute Gasteiger partial charge is 0.234 e. The van der Waals surface area contributed by atoms with E-state index in [9.17, 15) is 4.79 Å². The number of carbonyl (C=O) groups is 1. The van der Waals surface area contributed by atoms with Gasteiger partial charge in [-0.2, -0.15) is 0 Å². The van der Waals surface area contributed by atoms with E-state index in [0.29, 0.717) is 0 Å². The SMILES string of the molecule is CC(NC(=O)C(Br)C(C)C)c1cccc2ccccc12. The third-order valence-corrected chi connectivity index (χ3v) is 4.96. The van der Waals surface area contributed by atoms with Gasteiger partial charge in [-0.15, -0.1) is 0 Å². The second kappa shape index (κ2) is 6.40. The first-order valence-electron chi connectivity index (χ1n) is 6.93. The minimum Gasteiger partial charge on any atom is -0.349 e. The second-order valence-electron chi connectivity index (χ2n) is 5.44. The van der Waals surface area contributed by atoms with Crippen LogP contribution in [0.3, 0.4) is 0 Å². The van der Waals surface area contributed by atoms with Crippen molar-refractivity contribution in [2.45, 2.75) is 31.6 Å². The Morgan fingerprint density at radius 2 is 1.70 bits per heavy atom. The molecule has 20 heavy (non-hydrogen) atoms. The van der Waals surface area contributed by atoms with Crippen LogP contribution in [-0.2, 0) is 4.79 Å². The van der Waals surface area contributed by atoms with Crippen molar-refractivity contribution in [2.24, 2.45) is 5.92 Å². The maximum Gasteiger partial charge on any atom is 0.234 e. The van der Waals surface area contributed by atoms with E-state index < -0.39 is 0 Å². The highest BCUT2D eigenvalue weighted by Crippen LogP contribution is 2.24. The average Bonchev–Trinajstić information content (AvgIpc) is 2.45. The topological polar surface area (TPSA) is 29.1 Å². The molecule has 0 saturated heterocycles. The first-order valence-corrected chi connectivity index (χ1v) is 7.84. The predicted molar refractivity (Wildman–Crippen MR) is 88.1 cm³/mol. The summed E-state index contributed by atoms with van der Waals surface area (Å²) < 4.78 is 0. The Bertz CT molecular complexity index is 603. The van der Waals surface area contributed by atoms with E-state index in [4.69, 9.17) is 0 Å². The molecule has 106 valence electrons. The van der Waals surface area contributed by atoms with Gasteiger partial charge in [0.05, 0.1) is 10.9 Å². The van der Waals surface area contributed by atoms with Gasteiger partial charge in [0, 0.05) is 0 Å². The fourth-order valence-electron chi connectivity index (χ4n) is 2.30. The minimum absolute atomic E-state index is 0.00704. The Morgan fingerprint density at radius 1 is 1.05 bits per heavy atom. The average molecular weight is 334 g/mol. The number of benzene rings is 2. The Kier molecular flexibility index (Phi) is 4.81. The first kappa shape index (κ1) is 15.0. The highest BCUT2D eigenvalue weighted by molar-refractivity contribution is 9.10. The molecule has 0 aliphatic heterocycles. The number of alkyl halides is 1. The van der Waals surface area contributed by atoms with Crippen molar-refractivity contribution in [3.8, 4) is 0 Å². The molecular formula is C17H20BrNO. The van der Waals surface area contributed by atoms with Gasteiger partial charge in [-0.25, -0.2) is 0 Å². The minimum atomic E-state index is -0.153. The van der Waals surface area contributed by atoms with Crippen LogP contribution in [0, 0.1) is 5.92 Å². The van der Waals surface area contributed by atoms with E-state index in [1.807, 2.05) is 39.0 Å². The maximum atomic E-state index is 12.1. The van der Waals surface area contributed by atoms with Crippen LogP contribution in [0.2, 0.25) is 0 Å². The monoisotopic (exact) mass is 333 g/mol. The molecule has 2 rings (SSSR count). The Balaban J connectivity index is 2.24. The molecule has 0 bridgehead atoms. The molecule has 2 unspecified atom stereocenters. The summed E-state index contributed by atoms with van der Waals surface area (Å²) in [5, 5.41) is 5.48. The lowest BCUT2D eigenvalue weighted by atomic mass is 9.99. The molecule has 0 fully saturated rings. The third kappa shape index (κ3) is 3.21. The molecular weight excluding hydrogens is 314 g/mol. The number of halogens is 1. The quantitative estimate of drug-likeness (QED) is 0.823. The molecule has 3 heteroatoms. The molecule has 1 N–H and O–H groups in total. The molecule has 2 aromatic rings. The van der Waals surface area contributed by atoms with Crippen LogP contribution in [0.25, 0.3) is 10.8 Å². The highest BCUT2D eigenvalue weighted by Gasteiger charge is 2.21. The van der Waals surface area contributed by atoms with Crippen molar-refractivity contribution in [3.05, 3.63) is 48.0 Å². The molecule has 2 aromatic carbocycles. The largest absolute Gasteiger partial charge is 0.349 e. The predicted octanol–water partition coefficient (Wildman–Crippen LogP) is 4.44. The number of nitrogens with one attached hydrogen (secondary N) is 1. The summed E-state index contributed by atoms with van der Waals surface area (Å²) in [5.74, 6) is 0.315. The van der Waals surface area contributed by atoms with E-state index in [1.165, 1.54) is 10.8 Å². The molecule has 0 saturated carbocycles. The van der Waals surface area contributed by atoms with Crippen LogP contribution in [0.4, 0.5) is 0 Å². The van der Waals surface area contributed by atoms with E-state index in [1.54, 1.807) is 0 Å². The lowest BCUT2D eigenvalue weighted by molar-refractivity contribution is -0.121. The van der Waals surface area contributed by atoms with E-state index in [-0.39, 0.29) is 22.7 Å². The zero-order valence-corrected chi connectivity index (χ0v) is 13.6. The van der Waals surface area contributed by atoms with Crippen LogP contribution in [0.5, 0.6) is 0 Å². The molecule has 2 atom stereocenters. The third-order valence-electron chi connectivity index (χ3n) is 3.48. The fourth-order valence-corrected chi connectivity index (χ4v) is 2.43. The van der Waals surface area contributed by atoms with Crippen molar-refractivity contribution in [3.63, 3.8) is 0 Å². The number of amides is 1. The van der Waals surface area contributed by atoms with Gasteiger partial charge in [0.25, 0.3) is 0 Å². The second-order valence-corrected chi connectivity index (χ2v) is 6.43. The lowest BCUT2D eigenvalue weighted by Crippen LogP contribution is -2.35. The number of fused-ring (bicyclic) bond motifs is 1. The van der Waals surface area contributed by atoms with Crippen molar-refractivity contribution >= 4 is 32.6 Å². The van der Waals surface area contributed by atoms with Gasteiger partial charge < -0.3 is 5.32 Å². The van der Waals surface area contributed by atoms with Crippen molar-refractivity contribution in [1.29, 1.82) is 0 Å². The van der Waals surface area contributed by atoms with Gasteiger partial charge in [-0.05, 0) is 29.2 Å². The van der Waals surface area contributed by atoms with E-state index in [2.05, 4.69) is 45.5 Å². The van der Waals surface area contributed by atoms with Crippen LogP contribution < -0.4 is 5.32 Å². The van der Waals surface area contributed by atoms with Crippen LogP contribution in [0.1, 0.15) is 32.4 Å². The molecule has 0 aliphatic rings. The Hall–Kier alpha value is -1.35. The summed E-state index contributed by atoms with van der Waals surface area (Å²) in [5.41, 5.74) is 1.15. The van der Waals surface area contributed by atoms with Crippen molar-refractivity contribution in [2.75, 3.05) is 0 Å². The summed E-state index contributed by atoms with van der Waals surface area (Å²) in [4.78, 5) is 12.0. The molecule has 0 heterocycles. The van der Waals surface area contributed by atoms with E-state index in [0.717, 1.165) is 5.56 Å². The zero-order chi connectivity index (χ0) is 14.7. The van der Waals surface area contributed by atoms with Crippen LogP contribution in [-0.4, -0.2) is 10.7 Å². The molecule has 1 amide bonds. The molecule has 2 nitrogen and oxygen atoms in total. The summed E-state index contributed by atoms with van der Waals surface area (Å²) in [6.07, 6.45) is 0. The van der Waals surface area contributed by atoms with Crippen molar-refractivity contribution < 1.29 is 4.79 Å². The lowest BCUT2D eigenvalue weighted by Gasteiger charge is -2.20. The van der Waals surface area contributed by atoms with Gasteiger partial charge in [-0.3, -0.25) is 4.79 Å². The normalized spacial score (nSPS) is 14.2. The molecule has 0 radical (unpaired) electrons. The van der Waals surface area contributed by atoms with Crippen LogP contribution in [0.15, 0.2) is 42.5 Å². The maximum absolute atomic E-state index is 12.1. The molecule has 0 spiro atoms. The number of rotatable bonds is 4. The zero-order valence-electron chi connectivity index (χ0n) is 12.1. The van der Waals surface area contributed by atoms with Gasteiger partial charge in [0.2, 0.25) is 5.91 Å². The standard InChI is InChI=1S/C17H20BrNO/c1-11(2)16(18)17(20)19-12(3)14-10-6-8-13-7-4-5-9-15(13)14/h4-12,16H,1-3H3,(H,19,20). The van der Waals surface area contributed by atoms with Gasteiger partial charge in [0.15, 0.2) is 0 Å².